The summed E-state index contributed by atoms with van der Waals surface area (Å²) >= 11 is 1.38. The lowest BCUT2D eigenvalue weighted by molar-refractivity contribution is -0.141. The second kappa shape index (κ2) is 5.30. The number of halogens is 1. The number of methoxy groups -OCH3 is 1. The summed E-state index contributed by atoms with van der Waals surface area (Å²) in [5.74, 6) is -0.651. The molecule has 2 rings (SSSR count). The Morgan fingerprint density at radius 1 is 1.61 bits per heavy atom. The van der Waals surface area contributed by atoms with Crippen molar-refractivity contribution in [1.29, 1.82) is 0 Å². The van der Waals surface area contributed by atoms with Gasteiger partial charge >= 0.3 is 5.97 Å². The molecule has 0 bridgehead atoms. The minimum Gasteiger partial charge on any atom is -0.467 e. The van der Waals surface area contributed by atoms with Gasteiger partial charge in [-0.2, -0.15) is 0 Å². The molecule has 0 aliphatic heterocycles. The van der Waals surface area contributed by atoms with E-state index in [2.05, 4.69) is 15.0 Å². The molecule has 2 aromatic rings. The molecule has 4 nitrogen and oxygen atoms in total. The summed E-state index contributed by atoms with van der Waals surface area (Å²) in [5, 5.41) is 3.59. The minimum atomic E-state index is -0.430. The van der Waals surface area contributed by atoms with Crippen LogP contribution in [0.15, 0.2) is 18.2 Å². The molecule has 18 heavy (non-hydrogen) atoms. The van der Waals surface area contributed by atoms with E-state index >= 15 is 0 Å². The van der Waals surface area contributed by atoms with Gasteiger partial charge in [0.2, 0.25) is 0 Å². The fraction of sp³-hybridized carbons (Fsp3) is 0.333. The van der Waals surface area contributed by atoms with Crippen molar-refractivity contribution in [3.63, 3.8) is 0 Å². The molecular formula is C12H13FN2O2S. The Kier molecular flexibility index (Phi) is 3.76. The topological polar surface area (TPSA) is 51.2 Å². The van der Waals surface area contributed by atoms with E-state index in [4.69, 9.17) is 0 Å². The van der Waals surface area contributed by atoms with Gasteiger partial charge in [0.05, 0.1) is 17.3 Å². The number of thiazole rings is 1. The molecule has 1 heterocycles. The number of ether oxygens (including phenoxy) is 1. The van der Waals surface area contributed by atoms with Gasteiger partial charge in [-0.15, -0.1) is 0 Å². The third-order valence-corrected chi connectivity index (χ3v) is 3.51. The highest BCUT2D eigenvalue weighted by atomic mass is 32.1. The average molecular weight is 268 g/mol. The van der Waals surface area contributed by atoms with E-state index in [0.29, 0.717) is 17.1 Å². The van der Waals surface area contributed by atoms with Crippen molar-refractivity contribution in [3.05, 3.63) is 24.0 Å². The summed E-state index contributed by atoms with van der Waals surface area (Å²) in [6.45, 7) is 1.88. The molecule has 6 heteroatoms. The predicted molar refractivity (Wildman–Crippen MR) is 69.3 cm³/mol. The van der Waals surface area contributed by atoms with Gasteiger partial charge < -0.3 is 10.1 Å². The van der Waals surface area contributed by atoms with Crippen LogP contribution < -0.4 is 5.32 Å². The zero-order valence-corrected chi connectivity index (χ0v) is 10.9. The number of hydrogen-bond acceptors (Lipinski definition) is 5. The molecule has 1 aromatic heterocycles. The van der Waals surface area contributed by atoms with Gasteiger partial charge in [0, 0.05) is 6.07 Å². The molecule has 0 amide bonds. The zero-order chi connectivity index (χ0) is 13.1. The molecule has 0 aliphatic carbocycles. The molecule has 0 saturated carbocycles. The van der Waals surface area contributed by atoms with Gasteiger partial charge in [0.25, 0.3) is 0 Å². The molecule has 1 N–H and O–H groups in total. The maximum atomic E-state index is 13.0. The van der Waals surface area contributed by atoms with E-state index in [-0.39, 0.29) is 11.8 Å². The molecule has 0 aliphatic rings. The molecule has 0 saturated heterocycles. The lowest BCUT2D eigenvalue weighted by Gasteiger charge is -2.12. The Morgan fingerprint density at radius 3 is 3.06 bits per heavy atom. The third kappa shape index (κ3) is 2.59. The highest BCUT2D eigenvalue weighted by molar-refractivity contribution is 7.22. The maximum Gasteiger partial charge on any atom is 0.328 e. The van der Waals surface area contributed by atoms with Gasteiger partial charge in [-0.05, 0) is 18.6 Å². The Balaban J connectivity index is 2.23. The van der Waals surface area contributed by atoms with E-state index in [0.717, 1.165) is 4.70 Å². The number of benzene rings is 1. The van der Waals surface area contributed by atoms with Crippen molar-refractivity contribution < 1.29 is 13.9 Å². The number of anilines is 1. The lowest BCUT2D eigenvalue weighted by Crippen LogP contribution is -2.29. The lowest BCUT2D eigenvalue weighted by atomic mass is 10.2. The molecular weight excluding hydrogens is 255 g/mol. The van der Waals surface area contributed by atoms with E-state index in [9.17, 15) is 9.18 Å². The van der Waals surface area contributed by atoms with Crippen LogP contribution in [0.2, 0.25) is 0 Å². The second-order valence-corrected chi connectivity index (χ2v) is 4.79. The van der Waals surface area contributed by atoms with Crippen LogP contribution in [0, 0.1) is 5.82 Å². The minimum absolute atomic E-state index is 0.320. The van der Waals surface area contributed by atoms with Crippen molar-refractivity contribution >= 4 is 32.7 Å². The number of carbonyl (C=O) groups excluding carboxylic acids is 1. The van der Waals surface area contributed by atoms with Gasteiger partial charge in [-0.25, -0.2) is 14.2 Å². The largest absolute Gasteiger partial charge is 0.467 e. The molecule has 0 spiro atoms. The van der Waals surface area contributed by atoms with Crippen LogP contribution >= 0.6 is 11.3 Å². The average Bonchev–Trinajstić information content (AvgIpc) is 2.76. The standard InChI is InChI=1S/C12H13FN2O2S/c1-3-8(11(16)17-2)14-12-15-9-6-7(13)4-5-10(9)18-12/h4-6,8H,3H2,1-2H3,(H,14,15). The fourth-order valence-electron chi connectivity index (χ4n) is 1.58. The van der Waals surface area contributed by atoms with Crippen molar-refractivity contribution in [1.82, 2.24) is 4.98 Å². The Morgan fingerprint density at radius 2 is 2.39 bits per heavy atom. The first-order valence-electron chi connectivity index (χ1n) is 5.54. The van der Waals surface area contributed by atoms with Crippen molar-refractivity contribution in [2.24, 2.45) is 0 Å². The van der Waals surface area contributed by atoms with E-state index in [1.165, 1.54) is 30.6 Å². The Labute approximate surface area is 108 Å². The first-order chi connectivity index (χ1) is 8.63. The number of aromatic nitrogens is 1. The highest BCUT2D eigenvalue weighted by Gasteiger charge is 2.18. The Hall–Kier alpha value is -1.69. The van der Waals surface area contributed by atoms with Crippen LogP contribution in [0.25, 0.3) is 10.2 Å². The van der Waals surface area contributed by atoms with Crippen LogP contribution in [0.4, 0.5) is 9.52 Å². The number of hydrogen-bond donors (Lipinski definition) is 1. The van der Waals surface area contributed by atoms with Crippen molar-refractivity contribution in [3.8, 4) is 0 Å². The monoisotopic (exact) mass is 268 g/mol. The van der Waals surface area contributed by atoms with Gasteiger partial charge in [-0.3, -0.25) is 0 Å². The Bertz CT molecular complexity index is 570. The van der Waals surface area contributed by atoms with Gasteiger partial charge in [0.1, 0.15) is 11.9 Å². The summed E-state index contributed by atoms with van der Waals surface area (Å²) in [6.07, 6.45) is 0.594. The van der Waals surface area contributed by atoms with Crippen LogP contribution in [0.5, 0.6) is 0 Å². The first kappa shape index (κ1) is 12.8. The second-order valence-electron chi connectivity index (χ2n) is 3.76. The van der Waals surface area contributed by atoms with Gasteiger partial charge in [-0.1, -0.05) is 18.3 Å². The van der Waals surface area contributed by atoms with E-state index < -0.39 is 6.04 Å². The predicted octanol–water partition coefficient (Wildman–Crippen LogP) is 2.80. The van der Waals surface area contributed by atoms with Crippen LogP contribution in [-0.2, 0) is 9.53 Å². The number of carbonyl (C=O) groups is 1. The SMILES string of the molecule is CCC(Nc1nc2cc(F)ccc2s1)C(=O)OC. The number of rotatable bonds is 4. The number of fused-ring (bicyclic) bond motifs is 1. The van der Waals surface area contributed by atoms with Crippen molar-refractivity contribution in [2.75, 3.05) is 12.4 Å². The summed E-state index contributed by atoms with van der Waals surface area (Å²) in [5.41, 5.74) is 0.585. The zero-order valence-electron chi connectivity index (χ0n) is 10.1. The summed E-state index contributed by atoms with van der Waals surface area (Å²) in [4.78, 5) is 15.7. The van der Waals surface area contributed by atoms with E-state index in [1.807, 2.05) is 6.92 Å². The smallest absolute Gasteiger partial charge is 0.328 e. The summed E-state index contributed by atoms with van der Waals surface area (Å²) in [6, 6.07) is 4.00. The first-order valence-corrected chi connectivity index (χ1v) is 6.36. The third-order valence-electron chi connectivity index (χ3n) is 2.54. The number of nitrogens with one attached hydrogen (secondary N) is 1. The maximum absolute atomic E-state index is 13.0. The number of esters is 1. The van der Waals surface area contributed by atoms with Crippen LogP contribution in [0.1, 0.15) is 13.3 Å². The molecule has 1 unspecified atom stereocenters. The van der Waals surface area contributed by atoms with Gasteiger partial charge in [0.15, 0.2) is 5.13 Å². The van der Waals surface area contributed by atoms with Crippen LogP contribution in [-0.4, -0.2) is 24.1 Å². The summed E-state index contributed by atoms with van der Waals surface area (Å²) in [7, 11) is 1.35. The molecule has 96 valence electrons. The quantitative estimate of drug-likeness (QED) is 0.866. The number of nitrogens with zero attached hydrogens (tertiary/aromatic N) is 1. The van der Waals surface area contributed by atoms with Crippen molar-refractivity contribution in [2.45, 2.75) is 19.4 Å². The molecule has 1 aromatic carbocycles. The summed E-state index contributed by atoms with van der Waals surface area (Å²) < 4.78 is 18.6. The molecule has 0 radical (unpaired) electrons. The normalized spacial score (nSPS) is 12.4. The molecule has 1 atom stereocenters. The van der Waals surface area contributed by atoms with E-state index in [1.54, 1.807) is 6.07 Å². The highest BCUT2D eigenvalue weighted by Crippen LogP contribution is 2.27. The fourth-order valence-corrected chi connectivity index (χ4v) is 2.48. The van der Waals surface area contributed by atoms with Crippen LogP contribution in [0.3, 0.4) is 0 Å². The molecule has 0 fully saturated rings.